The summed E-state index contributed by atoms with van der Waals surface area (Å²) in [6, 6.07) is 4.42. The van der Waals surface area contributed by atoms with E-state index < -0.39 is 0 Å². The highest BCUT2D eigenvalue weighted by atomic mass is 15.5. The molecule has 1 aliphatic rings. The zero-order valence-electron chi connectivity index (χ0n) is 9.73. The van der Waals surface area contributed by atoms with E-state index in [1.54, 1.807) is 4.63 Å². The van der Waals surface area contributed by atoms with Gasteiger partial charge in [-0.3, -0.25) is 0 Å². The normalized spacial score (nSPS) is 22.3. The number of aryl methyl sites for hydroxylation is 1. The molecular formula is C11H15N5. The first kappa shape index (κ1) is 9.57. The van der Waals surface area contributed by atoms with Crippen LogP contribution in [0.3, 0.4) is 0 Å². The number of nitrogens with zero attached hydrogens (tertiary/aromatic N) is 4. The monoisotopic (exact) mass is 217 g/mol. The lowest BCUT2D eigenvalue weighted by molar-refractivity contribution is 0.628. The van der Waals surface area contributed by atoms with E-state index in [1.807, 2.05) is 19.1 Å². The fraction of sp³-hybridized carbons (Fsp3) is 0.545. The molecule has 2 heterocycles. The lowest BCUT2D eigenvalue weighted by Crippen LogP contribution is -2.11. The van der Waals surface area contributed by atoms with E-state index in [0.717, 1.165) is 17.3 Å². The number of fused-ring (bicyclic) bond motifs is 1. The smallest absolute Gasteiger partial charge is 0.176 e. The van der Waals surface area contributed by atoms with Gasteiger partial charge in [-0.15, -0.1) is 14.8 Å². The Bertz CT molecular complexity index is 542. The maximum Gasteiger partial charge on any atom is 0.176 e. The van der Waals surface area contributed by atoms with Crippen LogP contribution in [0.15, 0.2) is 12.1 Å². The first-order valence-electron chi connectivity index (χ1n) is 5.52. The first-order valence-corrected chi connectivity index (χ1v) is 5.52. The number of aromatic nitrogens is 4. The third-order valence-electron chi connectivity index (χ3n) is 3.15. The Hall–Kier alpha value is -1.65. The van der Waals surface area contributed by atoms with Crippen LogP contribution in [0.1, 0.15) is 26.1 Å². The average molecular weight is 217 g/mol. The van der Waals surface area contributed by atoms with E-state index in [-0.39, 0.29) is 0 Å². The lowest BCUT2D eigenvalue weighted by Gasteiger charge is -2.06. The van der Waals surface area contributed by atoms with E-state index in [2.05, 4.69) is 34.3 Å². The molecule has 2 aromatic rings. The SMILES string of the molecule is Cc1nc2ccc(NC3CC3(C)C)nn2n1. The molecule has 0 aromatic carbocycles. The predicted molar refractivity (Wildman–Crippen MR) is 61.3 cm³/mol. The van der Waals surface area contributed by atoms with Gasteiger partial charge in [0.2, 0.25) is 0 Å². The van der Waals surface area contributed by atoms with Crippen molar-refractivity contribution in [3.8, 4) is 0 Å². The molecule has 0 saturated heterocycles. The van der Waals surface area contributed by atoms with Crippen LogP contribution < -0.4 is 5.32 Å². The van der Waals surface area contributed by atoms with Crippen molar-refractivity contribution in [2.45, 2.75) is 33.2 Å². The second-order valence-corrected chi connectivity index (χ2v) is 5.11. The summed E-state index contributed by atoms with van der Waals surface area (Å²) in [5.41, 5.74) is 1.19. The van der Waals surface area contributed by atoms with Crippen molar-refractivity contribution in [1.29, 1.82) is 0 Å². The summed E-state index contributed by atoms with van der Waals surface area (Å²) in [6.07, 6.45) is 1.20. The minimum Gasteiger partial charge on any atom is -0.365 e. The molecule has 0 bridgehead atoms. The molecule has 1 fully saturated rings. The molecule has 0 spiro atoms. The molecule has 5 heteroatoms. The van der Waals surface area contributed by atoms with Gasteiger partial charge in [-0.25, -0.2) is 4.98 Å². The molecule has 2 aromatic heterocycles. The molecule has 84 valence electrons. The van der Waals surface area contributed by atoms with Crippen LogP contribution in [-0.4, -0.2) is 25.9 Å². The Morgan fingerprint density at radius 1 is 1.38 bits per heavy atom. The van der Waals surface area contributed by atoms with E-state index in [1.165, 1.54) is 6.42 Å². The van der Waals surface area contributed by atoms with Gasteiger partial charge in [0, 0.05) is 6.04 Å². The molecule has 0 radical (unpaired) electrons. The highest BCUT2D eigenvalue weighted by molar-refractivity contribution is 5.45. The van der Waals surface area contributed by atoms with Gasteiger partial charge in [0.05, 0.1) is 0 Å². The zero-order valence-corrected chi connectivity index (χ0v) is 9.73. The first-order chi connectivity index (χ1) is 7.54. The third kappa shape index (κ3) is 1.52. The van der Waals surface area contributed by atoms with Gasteiger partial charge in [-0.1, -0.05) is 13.8 Å². The maximum absolute atomic E-state index is 4.37. The van der Waals surface area contributed by atoms with Crippen LogP contribution in [0.4, 0.5) is 5.82 Å². The summed E-state index contributed by atoms with van der Waals surface area (Å²) in [6.45, 7) is 6.37. The van der Waals surface area contributed by atoms with Crippen LogP contribution >= 0.6 is 0 Å². The molecule has 0 amide bonds. The molecule has 1 N–H and O–H groups in total. The highest BCUT2D eigenvalue weighted by Gasteiger charge is 2.45. The Labute approximate surface area is 93.9 Å². The van der Waals surface area contributed by atoms with Crippen LogP contribution in [0, 0.1) is 12.3 Å². The summed E-state index contributed by atoms with van der Waals surface area (Å²) < 4.78 is 1.58. The Kier molecular flexibility index (Phi) is 1.75. The van der Waals surface area contributed by atoms with Crippen molar-refractivity contribution >= 4 is 11.5 Å². The fourth-order valence-electron chi connectivity index (χ4n) is 1.86. The minimum absolute atomic E-state index is 0.398. The average Bonchev–Trinajstić information content (AvgIpc) is 2.64. The van der Waals surface area contributed by atoms with Crippen molar-refractivity contribution in [3.05, 3.63) is 18.0 Å². The number of rotatable bonds is 2. The van der Waals surface area contributed by atoms with Gasteiger partial charge < -0.3 is 5.32 Å². The number of hydrogen-bond acceptors (Lipinski definition) is 4. The molecule has 16 heavy (non-hydrogen) atoms. The molecule has 1 atom stereocenters. The summed E-state index contributed by atoms with van der Waals surface area (Å²) in [5.74, 6) is 1.62. The Balaban J connectivity index is 1.88. The number of nitrogens with one attached hydrogen (secondary N) is 1. The van der Waals surface area contributed by atoms with E-state index in [0.29, 0.717) is 11.5 Å². The van der Waals surface area contributed by atoms with Gasteiger partial charge in [-0.05, 0) is 30.9 Å². The molecule has 1 unspecified atom stereocenters. The Morgan fingerprint density at radius 3 is 2.81 bits per heavy atom. The topological polar surface area (TPSA) is 55.1 Å². The summed E-state index contributed by atoms with van der Waals surface area (Å²) >= 11 is 0. The van der Waals surface area contributed by atoms with Gasteiger partial charge >= 0.3 is 0 Å². The third-order valence-corrected chi connectivity index (χ3v) is 3.15. The summed E-state index contributed by atoms with van der Waals surface area (Å²) in [7, 11) is 0. The van der Waals surface area contributed by atoms with Crippen LogP contribution in [0.5, 0.6) is 0 Å². The van der Waals surface area contributed by atoms with E-state index in [9.17, 15) is 0 Å². The molecule has 5 nitrogen and oxygen atoms in total. The predicted octanol–water partition coefficient (Wildman–Crippen LogP) is 1.64. The zero-order chi connectivity index (χ0) is 11.3. The lowest BCUT2D eigenvalue weighted by atomic mass is 10.2. The number of hydrogen-bond donors (Lipinski definition) is 1. The minimum atomic E-state index is 0.398. The maximum atomic E-state index is 4.37. The quantitative estimate of drug-likeness (QED) is 0.831. The van der Waals surface area contributed by atoms with Crippen molar-refractivity contribution in [2.75, 3.05) is 5.32 Å². The Morgan fingerprint density at radius 2 is 2.12 bits per heavy atom. The van der Waals surface area contributed by atoms with Gasteiger partial charge in [0.15, 0.2) is 5.65 Å². The van der Waals surface area contributed by atoms with E-state index >= 15 is 0 Å². The van der Waals surface area contributed by atoms with Crippen LogP contribution in [0.25, 0.3) is 5.65 Å². The highest BCUT2D eigenvalue weighted by Crippen LogP contribution is 2.46. The van der Waals surface area contributed by atoms with Crippen LogP contribution in [0.2, 0.25) is 0 Å². The van der Waals surface area contributed by atoms with Crippen LogP contribution in [-0.2, 0) is 0 Å². The molecule has 0 aliphatic heterocycles. The summed E-state index contributed by atoms with van der Waals surface area (Å²) in [4.78, 5) is 4.24. The number of anilines is 1. The largest absolute Gasteiger partial charge is 0.365 e. The van der Waals surface area contributed by atoms with Gasteiger partial charge in [-0.2, -0.15) is 0 Å². The molecular weight excluding hydrogens is 202 g/mol. The fourth-order valence-corrected chi connectivity index (χ4v) is 1.86. The molecule has 1 saturated carbocycles. The van der Waals surface area contributed by atoms with E-state index in [4.69, 9.17) is 0 Å². The van der Waals surface area contributed by atoms with Crippen molar-refractivity contribution in [3.63, 3.8) is 0 Å². The standard InChI is InChI=1S/C11H15N5/c1-7-12-10-5-4-9(15-16(10)14-7)13-8-6-11(8,2)3/h4-5,8H,6H2,1-3H3,(H,13,15). The second-order valence-electron chi connectivity index (χ2n) is 5.11. The van der Waals surface area contributed by atoms with Gasteiger partial charge in [0.25, 0.3) is 0 Å². The second kappa shape index (κ2) is 2.93. The van der Waals surface area contributed by atoms with Gasteiger partial charge in [0.1, 0.15) is 11.6 Å². The molecule has 3 rings (SSSR count). The summed E-state index contributed by atoms with van der Waals surface area (Å²) in [5, 5.41) is 12.0. The molecule has 1 aliphatic carbocycles. The van der Waals surface area contributed by atoms with Crippen molar-refractivity contribution in [1.82, 2.24) is 19.8 Å². The van der Waals surface area contributed by atoms with Crippen molar-refractivity contribution < 1.29 is 0 Å². The van der Waals surface area contributed by atoms with Crippen molar-refractivity contribution in [2.24, 2.45) is 5.41 Å².